The molecule has 0 unspecified atom stereocenters. The maximum Gasteiger partial charge on any atom is 0.411 e. The van der Waals surface area contributed by atoms with E-state index < -0.39 is 12.8 Å². The molecule has 0 aliphatic rings. The molecule has 0 saturated heterocycles. The second kappa shape index (κ2) is 8.66. The van der Waals surface area contributed by atoms with Gasteiger partial charge in [-0.25, -0.2) is 9.97 Å². The summed E-state index contributed by atoms with van der Waals surface area (Å²) in [7, 11) is 0. The lowest BCUT2D eigenvalue weighted by Gasteiger charge is -2.13. The van der Waals surface area contributed by atoms with E-state index in [1.165, 1.54) is 6.20 Å². The summed E-state index contributed by atoms with van der Waals surface area (Å²) >= 11 is 0. The van der Waals surface area contributed by atoms with E-state index in [1.54, 1.807) is 6.92 Å². The Kier molecular flexibility index (Phi) is 7.21. The molecule has 0 bridgehead atoms. The molecule has 0 aliphatic heterocycles. The first-order valence-electron chi connectivity index (χ1n) is 6.77. The van der Waals surface area contributed by atoms with Crippen molar-refractivity contribution in [3.05, 3.63) is 12.0 Å². The summed E-state index contributed by atoms with van der Waals surface area (Å²) in [5.74, 6) is 1.55. The standard InChI is InChI=1S/C13H20F3N3O2/c1-3-4-5-17-12-11(8-18-10(2)19-12)21-7-6-20-9-13(14,15)16/h8H,3-7,9H2,1-2H3,(H,17,18,19). The average molecular weight is 307 g/mol. The van der Waals surface area contributed by atoms with Crippen LogP contribution in [0.5, 0.6) is 5.75 Å². The van der Waals surface area contributed by atoms with Gasteiger partial charge in [0.05, 0.1) is 12.8 Å². The minimum absolute atomic E-state index is 0.00492. The molecule has 0 atom stereocenters. The Bertz CT molecular complexity index is 428. The zero-order valence-electron chi connectivity index (χ0n) is 12.2. The van der Waals surface area contributed by atoms with Gasteiger partial charge < -0.3 is 14.8 Å². The van der Waals surface area contributed by atoms with Crippen molar-refractivity contribution in [2.24, 2.45) is 0 Å². The van der Waals surface area contributed by atoms with E-state index in [1.807, 2.05) is 0 Å². The van der Waals surface area contributed by atoms with Gasteiger partial charge in [-0.15, -0.1) is 0 Å². The Hall–Kier alpha value is -1.57. The van der Waals surface area contributed by atoms with Crippen LogP contribution in [0.3, 0.4) is 0 Å². The van der Waals surface area contributed by atoms with Gasteiger partial charge >= 0.3 is 6.18 Å². The van der Waals surface area contributed by atoms with Crippen LogP contribution in [0.1, 0.15) is 25.6 Å². The number of aromatic nitrogens is 2. The highest BCUT2D eigenvalue weighted by molar-refractivity contribution is 5.48. The van der Waals surface area contributed by atoms with Crippen molar-refractivity contribution in [2.75, 3.05) is 31.7 Å². The fraction of sp³-hybridized carbons (Fsp3) is 0.692. The highest BCUT2D eigenvalue weighted by atomic mass is 19.4. The Morgan fingerprint density at radius 1 is 1.29 bits per heavy atom. The van der Waals surface area contributed by atoms with Crippen LogP contribution in [0.15, 0.2) is 6.20 Å². The fourth-order valence-corrected chi connectivity index (χ4v) is 1.47. The van der Waals surface area contributed by atoms with Crippen LogP contribution < -0.4 is 10.1 Å². The molecule has 0 aromatic carbocycles. The van der Waals surface area contributed by atoms with Crippen molar-refractivity contribution in [3.63, 3.8) is 0 Å². The molecule has 0 spiro atoms. The number of rotatable bonds is 9. The fourth-order valence-electron chi connectivity index (χ4n) is 1.47. The predicted molar refractivity (Wildman–Crippen MR) is 72.5 cm³/mol. The van der Waals surface area contributed by atoms with Gasteiger partial charge in [-0.3, -0.25) is 0 Å². The molecule has 1 heterocycles. The van der Waals surface area contributed by atoms with Crippen LogP contribution in [0, 0.1) is 6.92 Å². The van der Waals surface area contributed by atoms with Crippen LogP contribution in [0.2, 0.25) is 0 Å². The normalized spacial score (nSPS) is 11.5. The van der Waals surface area contributed by atoms with Crippen LogP contribution >= 0.6 is 0 Å². The third kappa shape index (κ3) is 7.69. The van der Waals surface area contributed by atoms with Crippen LogP contribution in [0.25, 0.3) is 0 Å². The number of nitrogens with one attached hydrogen (secondary N) is 1. The molecule has 0 amide bonds. The van der Waals surface area contributed by atoms with Gasteiger partial charge in [-0.2, -0.15) is 13.2 Å². The van der Waals surface area contributed by atoms with E-state index >= 15 is 0 Å². The number of aryl methyl sites for hydroxylation is 1. The topological polar surface area (TPSA) is 56.3 Å². The van der Waals surface area contributed by atoms with Crippen LogP contribution in [-0.4, -0.2) is 42.5 Å². The predicted octanol–water partition coefficient (Wildman–Crippen LogP) is 2.95. The SMILES string of the molecule is CCCCNc1nc(C)ncc1OCCOCC(F)(F)F. The number of ether oxygens (including phenoxy) is 2. The molecule has 21 heavy (non-hydrogen) atoms. The highest BCUT2D eigenvalue weighted by Crippen LogP contribution is 2.21. The van der Waals surface area contributed by atoms with E-state index in [0.717, 1.165) is 19.4 Å². The van der Waals surface area contributed by atoms with Crippen LogP contribution in [-0.2, 0) is 4.74 Å². The molecule has 120 valence electrons. The van der Waals surface area contributed by atoms with Crippen molar-refractivity contribution < 1.29 is 22.6 Å². The van der Waals surface area contributed by atoms with Gasteiger partial charge in [0.25, 0.3) is 0 Å². The molecule has 1 N–H and O–H groups in total. The molecule has 0 saturated carbocycles. The molecule has 0 radical (unpaired) electrons. The molecular weight excluding hydrogens is 287 g/mol. The van der Waals surface area contributed by atoms with E-state index in [0.29, 0.717) is 17.4 Å². The lowest BCUT2D eigenvalue weighted by Crippen LogP contribution is -2.19. The van der Waals surface area contributed by atoms with Gasteiger partial charge in [0.1, 0.15) is 19.0 Å². The zero-order chi connectivity index (χ0) is 15.7. The molecule has 1 aromatic heterocycles. The number of alkyl halides is 3. The van der Waals surface area contributed by atoms with Crippen molar-refractivity contribution in [3.8, 4) is 5.75 Å². The summed E-state index contributed by atoms with van der Waals surface area (Å²) in [4.78, 5) is 8.22. The second-order valence-corrected chi connectivity index (χ2v) is 4.43. The zero-order valence-corrected chi connectivity index (χ0v) is 12.2. The van der Waals surface area contributed by atoms with Gasteiger partial charge in [0, 0.05) is 6.54 Å². The largest absolute Gasteiger partial charge is 0.486 e. The maximum atomic E-state index is 11.9. The number of unbranched alkanes of at least 4 members (excludes halogenated alkanes) is 1. The summed E-state index contributed by atoms with van der Waals surface area (Å²) in [6.07, 6.45) is -0.796. The maximum absolute atomic E-state index is 11.9. The number of halogens is 3. The first-order valence-corrected chi connectivity index (χ1v) is 6.77. The summed E-state index contributed by atoms with van der Waals surface area (Å²) in [6, 6.07) is 0. The number of hydrogen-bond acceptors (Lipinski definition) is 5. The Morgan fingerprint density at radius 3 is 2.71 bits per heavy atom. The minimum Gasteiger partial charge on any atom is -0.486 e. The van der Waals surface area contributed by atoms with Crippen LogP contribution in [0.4, 0.5) is 19.0 Å². The van der Waals surface area contributed by atoms with E-state index in [9.17, 15) is 13.2 Å². The molecule has 5 nitrogen and oxygen atoms in total. The first-order chi connectivity index (χ1) is 9.92. The average Bonchev–Trinajstić information content (AvgIpc) is 2.39. The highest BCUT2D eigenvalue weighted by Gasteiger charge is 2.27. The van der Waals surface area contributed by atoms with Crippen molar-refractivity contribution >= 4 is 5.82 Å². The van der Waals surface area contributed by atoms with Gasteiger partial charge in [0.2, 0.25) is 0 Å². The lowest BCUT2D eigenvalue weighted by atomic mass is 10.3. The minimum atomic E-state index is -4.32. The summed E-state index contributed by atoms with van der Waals surface area (Å²) in [5, 5.41) is 3.12. The van der Waals surface area contributed by atoms with Crippen molar-refractivity contribution in [2.45, 2.75) is 32.9 Å². The summed E-state index contributed by atoms with van der Waals surface area (Å²) in [5.41, 5.74) is 0. The molecule has 1 rings (SSSR count). The quantitative estimate of drug-likeness (QED) is 0.711. The van der Waals surface area contributed by atoms with Gasteiger partial charge in [0.15, 0.2) is 11.6 Å². The van der Waals surface area contributed by atoms with E-state index in [2.05, 4.69) is 26.9 Å². The molecule has 0 aliphatic carbocycles. The van der Waals surface area contributed by atoms with Crippen molar-refractivity contribution in [1.82, 2.24) is 9.97 Å². The van der Waals surface area contributed by atoms with Crippen molar-refractivity contribution in [1.29, 1.82) is 0 Å². The summed E-state index contributed by atoms with van der Waals surface area (Å²) in [6.45, 7) is 3.15. The molecule has 0 fully saturated rings. The van der Waals surface area contributed by atoms with Gasteiger partial charge in [-0.1, -0.05) is 13.3 Å². The first kappa shape index (κ1) is 17.5. The second-order valence-electron chi connectivity index (χ2n) is 4.43. The third-order valence-corrected chi connectivity index (χ3v) is 2.45. The van der Waals surface area contributed by atoms with Gasteiger partial charge in [-0.05, 0) is 13.3 Å². The molecule has 8 heteroatoms. The number of nitrogens with zero attached hydrogens (tertiary/aromatic N) is 2. The monoisotopic (exact) mass is 307 g/mol. The number of hydrogen-bond donors (Lipinski definition) is 1. The molecular formula is C13H20F3N3O2. The Labute approximate surface area is 121 Å². The van der Waals surface area contributed by atoms with E-state index in [-0.39, 0.29) is 13.2 Å². The number of anilines is 1. The lowest BCUT2D eigenvalue weighted by molar-refractivity contribution is -0.175. The summed E-state index contributed by atoms with van der Waals surface area (Å²) < 4.78 is 45.5. The Balaban J connectivity index is 2.42. The third-order valence-electron chi connectivity index (χ3n) is 2.45. The Morgan fingerprint density at radius 2 is 2.05 bits per heavy atom. The molecule has 1 aromatic rings. The smallest absolute Gasteiger partial charge is 0.411 e. The van der Waals surface area contributed by atoms with E-state index in [4.69, 9.17) is 4.74 Å².